The first-order chi connectivity index (χ1) is 16.4. The lowest BCUT2D eigenvalue weighted by Crippen LogP contribution is -2.55. The quantitative estimate of drug-likeness (QED) is 0.467. The molecule has 1 fully saturated rings. The van der Waals surface area contributed by atoms with Crippen LogP contribution in [0.3, 0.4) is 0 Å². The number of ether oxygens (including phenoxy) is 2. The maximum Gasteiger partial charge on any atom is 0.273 e. The average molecular weight is 469 g/mol. The van der Waals surface area contributed by atoms with E-state index in [1.165, 1.54) is 44.8 Å². The smallest absolute Gasteiger partial charge is 0.273 e. The molecule has 0 radical (unpaired) electrons. The van der Waals surface area contributed by atoms with Crippen molar-refractivity contribution in [3.05, 3.63) is 48.3 Å². The number of carbonyl (C=O) groups is 4. The van der Waals surface area contributed by atoms with Gasteiger partial charge in [0.15, 0.2) is 0 Å². The SMILES string of the molecule is CCC(CC)C(=O)NN(C(=O)c1ccncc1)C1CC(=O)N(c2cc(OC)ccc2OC)C1=O. The number of hydrogen-bond acceptors (Lipinski definition) is 7. The number of hydrazine groups is 1. The summed E-state index contributed by atoms with van der Waals surface area (Å²) in [5.74, 6) is -1.86. The Balaban J connectivity index is 2.00. The van der Waals surface area contributed by atoms with Crippen LogP contribution >= 0.6 is 0 Å². The van der Waals surface area contributed by atoms with Crippen LogP contribution in [0.4, 0.5) is 5.69 Å². The highest BCUT2D eigenvalue weighted by Crippen LogP contribution is 2.36. The summed E-state index contributed by atoms with van der Waals surface area (Å²) in [4.78, 5) is 57.6. The van der Waals surface area contributed by atoms with E-state index in [-0.39, 0.29) is 29.3 Å². The van der Waals surface area contributed by atoms with E-state index in [9.17, 15) is 19.2 Å². The van der Waals surface area contributed by atoms with Gasteiger partial charge in [-0.2, -0.15) is 0 Å². The first-order valence-corrected chi connectivity index (χ1v) is 11.0. The molecule has 1 N–H and O–H groups in total. The van der Waals surface area contributed by atoms with Gasteiger partial charge in [0.1, 0.15) is 17.5 Å². The molecular weight excluding hydrogens is 440 g/mol. The second-order valence-corrected chi connectivity index (χ2v) is 7.73. The summed E-state index contributed by atoms with van der Waals surface area (Å²) in [6.07, 6.45) is 3.68. The first-order valence-electron chi connectivity index (χ1n) is 11.0. The highest BCUT2D eigenvalue weighted by molar-refractivity contribution is 6.24. The molecule has 4 amide bonds. The van der Waals surface area contributed by atoms with Gasteiger partial charge in [0.25, 0.3) is 11.8 Å². The van der Waals surface area contributed by atoms with Gasteiger partial charge >= 0.3 is 0 Å². The molecule has 1 atom stereocenters. The Bertz CT molecular complexity index is 1070. The number of methoxy groups -OCH3 is 2. The monoisotopic (exact) mass is 468 g/mol. The van der Waals surface area contributed by atoms with E-state index in [0.717, 1.165) is 9.91 Å². The molecule has 1 aromatic heterocycles. The minimum atomic E-state index is -1.23. The van der Waals surface area contributed by atoms with Crippen molar-refractivity contribution in [3.63, 3.8) is 0 Å². The van der Waals surface area contributed by atoms with Gasteiger partial charge in [0, 0.05) is 29.9 Å². The third-order valence-electron chi connectivity index (χ3n) is 5.79. The Kier molecular flexibility index (Phi) is 7.83. The van der Waals surface area contributed by atoms with Crippen LogP contribution in [0.15, 0.2) is 42.7 Å². The van der Waals surface area contributed by atoms with Crippen LogP contribution in [0, 0.1) is 5.92 Å². The van der Waals surface area contributed by atoms with E-state index in [4.69, 9.17) is 9.47 Å². The Morgan fingerprint density at radius 2 is 1.79 bits per heavy atom. The molecule has 0 aliphatic carbocycles. The van der Waals surface area contributed by atoms with Crippen LogP contribution in [0.2, 0.25) is 0 Å². The van der Waals surface area contributed by atoms with Gasteiger partial charge in [-0.3, -0.25) is 29.6 Å². The van der Waals surface area contributed by atoms with Crippen molar-refractivity contribution in [2.45, 2.75) is 39.2 Å². The summed E-state index contributed by atoms with van der Waals surface area (Å²) >= 11 is 0. The lowest BCUT2D eigenvalue weighted by molar-refractivity contribution is -0.132. The van der Waals surface area contributed by atoms with Gasteiger partial charge < -0.3 is 9.47 Å². The van der Waals surface area contributed by atoms with Crippen LogP contribution in [0.25, 0.3) is 0 Å². The zero-order chi connectivity index (χ0) is 24.8. The van der Waals surface area contributed by atoms with Crippen LogP contribution < -0.4 is 19.8 Å². The molecule has 10 heteroatoms. The summed E-state index contributed by atoms with van der Waals surface area (Å²) < 4.78 is 10.6. The molecule has 0 bridgehead atoms. The van der Waals surface area contributed by atoms with Gasteiger partial charge in [0.05, 0.1) is 26.3 Å². The number of nitrogens with one attached hydrogen (secondary N) is 1. The van der Waals surface area contributed by atoms with Gasteiger partial charge in [-0.15, -0.1) is 0 Å². The third kappa shape index (κ3) is 4.85. The van der Waals surface area contributed by atoms with Crippen LogP contribution in [-0.2, 0) is 14.4 Å². The van der Waals surface area contributed by atoms with Crippen molar-refractivity contribution < 1.29 is 28.7 Å². The first kappa shape index (κ1) is 24.7. The zero-order valence-corrected chi connectivity index (χ0v) is 19.6. The number of rotatable bonds is 8. The highest BCUT2D eigenvalue weighted by Gasteiger charge is 2.46. The van der Waals surface area contributed by atoms with E-state index in [1.54, 1.807) is 12.1 Å². The van der Waals surface area contributed by atoms with Crippen LogP contribution in [0.1, 0.15) is 43.5 Å². The van der Waals surface area contributed by atoms with E-state index < -0.39 is 29.7 Å². The Labute approximate surface area is 197 Å². The molecule has 0 saturated carbocycles. The predicted molar refractivity (Wildman–Crippen MR) is 123 cm³/mol. The maximum atomic E-state index is 13.5. The van der Waals surface area contributed by atoms with Gasteiger partial charge in [0.2, 0.25) is 11.8 Å². The van der Waals surface area contributed by atoms with Gasteiger partial charge in [-0.05, 0) is 37.1 Å². The Morgan fingerprint density at radius 3 is 2.38 bits per heavy atom. The number of imide groups is 1. The second kappa shape index (κ2) is 10.8. The van der Waals surface area contributed by atoms with Gasteiger partial charge in [-0.1, -0.05) is 13.8 Å². The average Bonchev–Trinajstić information content (AvgIpc) is 3.16. The number of benzene rings is 1. The lowest BCUT2D eigenvalue weighted by Gasteiger charge is -2.29. The summed E-state index contributed by atoms with van der Waals surface area (Å²) in [5.41, 5.74) is 3.02. The Hall–Kier alpha value is -3.95. The second-order valence-electron chi connectivity index (χ2n) is 7.73. The molecule has 1 aliphatic heterocycles. The Morgan fingerprint density at radius 1 is 1.12 bits per heavy atom. The molecule has 0 spiro atoms. The topological polar surface area (TPSA) is 118 Å². The minimum Gasteiger partial charge on any atom is -0.497 e. The zero-order valence-electron chi connectivity index (χ0n) is 19.6. The molecule has 34 heavy (non-hydrogen) atoms. The molecule has 1 unspecified atom stereocenters. The number of nitrogens with zero attached hydrogens (tertiary/aromatic N) is 3. The molecule has 2 heterocycles. The van der Waals surface area contributed by atoms with Crippen molar-refractivity contribution >= 4 is 29.3 Å². The van der Waals surface area contributed by atoms with Crippen molar-refractivity contribution in [3.8, 4) is 11.5 Å². The normalized spacial score (nSPS) is 15.4. The lowest BCUT2D eigenvalue weighted by atomic mass is 10.0. The number of hydrogen-bond donors (Lipinski definition) is 1. The number of aromatic nitrogens is 1. The van der Waals surface area contributed by atoms with Gasteiger partial charge in [-0.25, -0.2) is 9.91 Å². The van der Waals surface area contributed by atoms with E-state index in [1.807, 2.05) is 13.8 Å². The summed E-state index contributed by atoms with van der Waals surface area (Å²) in [5, 5.41) is 0.961. The molecule has 1 aromatic carbocycles. The highest BCUT2D eigenvalue weighted by atomic mass is 16.5. The minimum absolute atomic E-state index is 0.196. The molecule has 10 nitrogen and oxygen atoms in total. The fraction of sp³-hybridized carbons (Fsp3) is 0.375. The molecule has 1 saturated heterocycles. The van der Waals surface area contributed by atoms with Crippen molar-refractivity contribution in [2.75, 3.05) is 19.1 Å². The van der Waals surface area contributed by atoms with Crippen molar-refractivity contribution in [1.82, 2.24) is 15.4 Å². The van der Waals surface area contributed by atoms with Crippen molar-refractivity contribution in [1.29, 1.82) is 0 Å². The van der Waals surface area contributed by atoms with E-state index >= 15 is 0 Å². The van der Waals surface area contributed by atoms with Crippen LogP contribution in [-0.4, -0.2) is 53.9 Å². The molecule has 3 rings (SSSR count). The van der Waals surface area contributed by atoms with E-state index in [2.05, 4.69) is 10.4 Å². The maximum absolute atomic E-state index is 13.5. The summed E-state index contributed by atoms with van der Waals surface area (Å²) in [7, 11) is 2.88. The molecule has 2 aromatic rings. The predicted octanol–water partition coefficient (Wildman–Crippen LogP) is 2.34. The standard InChI is InChI=1S/C24H28N4O6/c1-5-15(6-2)22(30)26-28(23(31)16-9-11-25-12-10-16)19-14-21(29)27(24(19)32)18-13-17(33-3)7-8-20(18)34-4/h7-13,15,19H,5-6,14H2,1-4H3,(H,26,30). The van der Waals surface area contributed by atoms with E-state index in [0.29, 0.717) is 18.6 Å². The summed E-state index contributed by atoms with van der Waals surface area (Å²) in [6, 6.07) is 6.44. The number of carbonyl (C=O) groups excluding carboxylic acids is 4. The fourth-order valence-electron chi connectivity index (χ4n) is 3.82. The molecule has 180 valence electrons. The largest absolute Gasteiger partial charge is 0.497 e. The third-order valence-corrected chi connectivity index (χ3v) is 5.79. The number of pyridine rings is 1. The number of amides is 4. The van der Waals surface area contributed by atoms with Crippen LogP contribution in [0.5, 0.6) is 11.5 Å². The molecule has 1 aliphatic rings. The summed E-state index contributed by atoms with van der Waals surface area (Å²) in [6.45, 7) is 3.73. The number of anilines is 1. The van der Waals surface area contributed by atoms with Crippen molar-refractivity contribution in [2.24, 2.45) is 5.92 Å². The molecular formula is C24H28N4O6. The fourth-order valence-corrected chi connectivity index (χ4v) is 3.82.